The molecule has 2 heterocycles. The number of hydrogen-bond acceptors (Lipinski definition) is 7. The minimum Gasteiger partial charge on any atom is -0.444 e. The number of aromatic nitrogens is 2. The van der Waals surface area contributed by atoms with Gasteiger partial charge < -0.3 is 20.2 Å². The zero-order valence-corrected chi connectivity index (χ0v) is 18.7. The van der Waals surface area contributed by atoms with Crippen LogP contribution in [-0.2, 0) is 16.0 Å². The van der Waals surface area contributed by atoms with Crippen molar-refractivity contribution in [2.24, 2.45) is 0 Å². The topological polar surface area (TPSA) is 100 Å². The Balaban J connectivity index is 2.42. The molecule has 0 bridgehead atoms. The number of rotatable bonds is 8. The van der Waals surface area contributed by atoms with Crippen LogP contribution in [0.5, 0.6) is 0 Å². The highest BCUT2D eigenvalue weighted by Gasteiger charge is 2.24. The summed E-state index contributed by atoms with van der Waals surface area (Å²) in [5, 5.41) is 11.3. The van der Waals surface area contributed by atoms with Gasteiger partial charge in [0.2, 0.25) is 0 Å². The van der Waals surface area contributed by atoms with Gasteiger partial charge >= 0.3 is 6.09 Å². The smallest absolute Gasteiger partial charge is 0.410 e. The predicted octanol–water partition coefficient (Wildman–Crippen LogP) is 4.56. The first kappa shape index (κ1) is 23.6. The largest absolute Gasteiger partial charge is 0.444 e. The number of carbonyl (C=O) groups excluding carboxylic acids is 1. The first-order valence-electron chi connectivity index (χ1n) is 9.49. The molecule has 2 rings (SSSR count). The summed E-state index contributed by atoms with van der Waals surface area (Å²) in [7, 11) is 1.57. The van der Waals surface area contributed by atoms with Gasteiger partial charge in [-0.3, -0.25) is 9.88 Å². The van der Waals surface area contributed by atoms with Crippen LogP contribution in [0.1, 0.15) is 37.7 Å². The van der Waals surface area contributed by atoms with E-state index in [9.17, 15) is 4.79 Å². The molecule has 0 fully saturated rings. The molecule has 1 amide bonds. The lowest BCUT2D eigenvalue weighted by Gasteiger charge is -2.28. The Morgan fingerprint density at radius 1 is 1.37 bits per heavy atom. The van der Waals surface area contributed by atoms with Crippen LogP contribution in [0.3, 0.4) is 0 Å². The Morgan fingerprint density at radius 2 is 2.10 bits per heavy atom. The summed E-state index contributed by atoms with van der Waals surface area (Å²) in [5.74, 6) is 0. The monoisotopic (exact) mass is 433 g/mol. The SMILES string of the molecule is COCCN(Cc1nc(Cl)cc(C=N)c1Nc1ccnc(C)c1)C(=O)OC(C)(C)C. The number of nitrogens with one attached hydrogen (secondary N) is 2. The van der Waals surface area contributed by atoms with Crippen LogP contribution in [0, 0.1) is 12.3 Å². The Hall–Kier alpha value is -2.71. The van der Waals surface area contributed by atoms with E-state index >= 15 is 0 Å². The second kappa shape index (κ2) is 10.4. The summed E-state index contributed by atoms with van der Waals surface area (Å²) < 4.78 is 10.7. The molecule has 2 aromatic heterocycles. The third-order valence-corrected chi connectivity index (χ3v) is 4.17. The molecule has 0 spiro atoms. The van der Waals surface area contributed by atoms with Gasteiger partial charge in [-0.25, -0.2) is 9.78 Å². The van der Waals surface area contributed by atoms with E-state index in [-0.39, 0.29) is 11.7 Å². The van der Waals surface area contributed by atoms with Gasteiger partial charge in [0, 0.05) is 43.0 Å². The lowest BCUT2D eigenvalue weighted by atomic mass is 10.1. The Morgan fingerprint density at radius 3 is 2.70 bits per heavy atom. The molecule has 30 heavy (non-hydrogen) atoms. The van der Waals surface area contributed by atoms with Crippen LogP contribution in [-0.4, -0.2) is 53.0 Å². The van der Waals surface area contributed by atoms with Crippen molar-refractivity contribution in [1.29, 1.82) is 5.41 Å². The maximum absolute atomic E-state index is 12.7. The molecular formula is C21H28ClN5O3. The minimum atomic E-state index is -0.639. The van der Waals surface area contributed by atoms with Crippen molar-refractivity contribution < 1.29 is 14.3 Å². The van der Waals surface area contributed by atoms with E-state index < -0.39 is 11.7 Å². The number of pyridine rings is 2. The van der Waals surface area contributed by atoms with Crippen molar-refractivity contribution >= 4 is 35.3 Å². The fourth-order valence-corrected chi connectivity index (χ4v) is 2.89. The van der Waals surface area contributed by atoms with E-state index in [1.54, 1.807) is 19.4 Å². The summed E-state index contributed by atoms with van der Waals surface area (Å²) >= 11 is 6.19. The van der Waals surface area contributed by atoms with Gasteiger partial charge in [0.05, 0.1) is 24.5 Å². The summed E-state index contributed by atoms with van der Waals surface area (Å²) in [6, 6.07) is 5.29. The number of amides is 1. The fraction of sp³-hybridized carbons (Fsp3) is 0.429. The van der Waals surface area contributed by atoms with E-state index in [0.29, 0.717) is 30.1 Å². The highest BCUT2D eigenvalue weighted by Crippen LogP contribution is 2.27. The number of halogens is 1. The summed E-state index contributed by atoms with van der Waals surface area (Å²) in [6.45, 7) is 8.09. The fourth-order valence-electron chi connectivity index (χ4n) is 2.67. The van der Waals surface area contributed by atoms with Gasteiger partial charge in [0.25, 0.3) is 0 Å². The second-order valence-electron chi connectivity index (χ2n) is 7.71. The molecule has 2 N–H and O–H groups in total. The lowest BCUT2D eigenvalue weighted by molar-refractivity contribution is 0.0182. The molecule has 0 saturated heterocycles. The standard InChI is InChI=1S/C21H28ClN5O3/c1-14-10-16(6-7-24-14)25-19-15(12-23)11-18(22)26-17(19)13-27(8-9-29-5)20(28)30-21(2,3)4/h6-7,10-12,23H,8-9,13H2,1-5H3,(H,24,25). The van der Waals surface area contributed by atoms with Crippen LogP contribution in [0.25, 0.3) is 0 Å². The number of anilines is 2. The van der Waals surface area contributed by atoms with E-state index in [1.165, 1.54) is 11.1 Å². The Kier molecular flexibility index (Phi) is 8.14. The first-order valence-corrected chi connectivity index (χ1v) is 9.87. The third-order valence-electron chi connectivity index (χ3n) is 3.97. The minimum absolute atomic E-state index is 0.131. The molecule has 0 aliphatic heterocycles. The van der Waals surface area contributed by atoms with E-state index in [1.807, 2.05) is 39.8 Å². The number of hydrogen-bond donors (Lipinski definition) is 2. The molecule has 0 aromatic carbocycles. The van der Waals surface area contributed by atoms with E-state index in [2.05, 4.69) is 15.3 Å². The number of ether oxygens (including phenoxy) is 2. The molecule has 0 radical (unpaired) electrons. The average Bonchev–Trinajstić information content (AvgIpc) is 2.65. The van der Waals surface area contributed by atoms with Crippen LogP contribution < -0.4 is 5.32 Å². The van der Waals surface area contributed by atoms with E-state index in [0.717, 1.165) is 11.4 Å². The molecular weight excluding hydrogens is 406 g/mol. The lowest BCUT2D eigenvalue weighted by Crippen LogP contribution is -2.38. The number of aryl methyl sites for hydroxylation is 1. The molecule has 2 aromatic rings. The van der Waals surface area contributed by atoms with Crippen molar-refractivity contribution in [3.8, 4) is 0 Å². The van der Waals surface area contributed by atoms with E-state index in [4.69, 9.17) is 26.5 Å². The second-order valence-corrected chi connectivity index (χ2v) is 8.09. The van der Waals surface area contributed by atoms with Crippen LogP contribution in [0.2, 0.25) is 5.15 Å². The van der Waals surface area contributed by atoms with Gasteiger partial charge in [-0.05, 0) is 45.9 Å². The molecule has 0 atom stereocenters. The maximum Gasteiger partial charge on any atom is 0.410 e. The van der Waals surface area contributed by atoms with Crippen molar-refractivity contribution in [3.05, 3.63) is 46.5 Å². The van der Waals surface area contributed by atoms with Crippen LogP contribution >= 0.6 is 11.6 Å². The zero-order chi connectivity index (χ0) is 22.3. The van der Waals surface area contributed by atoms with Gasteiger partial charge in [-0.15, -0.1) is 0 Å². The van der Waals surface area contributed by atoms with Gasteiger partial charge in [-0.2, -0.15) is 0 Å². The zero-order valence-electron chi connectivity index (χ0n) is 18.0. The predicted molar refractivity (Wildman–Crippen MR) is 118 cm³/mol. The van der Waals surface area contributed by atoms with Crippen LogP contribution in [0.4, 0.5) is 16.2 Å². The summed E-state index contributed by atoms with van der Waals surface area (Å²) in [4.78, 5) is 22.9. The molecule has 162 valence electrons. The van der Waals surface area contributed by atoms with Gasteiger partial charge in [-0.1, -0.05) is 11.6 Å². The quantitative estimate of drug-likeness (QED) is 0.467. The molecule has 0 saturated carbocycles. The van der Waals surface area contributed by atoms with Crippen molar-refractivity contribution in [1.82, 2.24) is 14.9 Å². The van der Waals surface area contributed by atoms with Crippen LogP contribution in [0.15, 0.2) is 24.4 Å². The maximum atomic E-state index is 12.7. The molecule has 8 nitrogen and oxygen atoms in total. The highest BCUT2D eigenvalue weighted by atomic mass is 35.5. The first-order chi connectivity index (χ1) is 14.1. The summed E-state index contributed by atoms with van der Waals surface area (Å²) in [6.07, 6.45) is 2.40. The number of carbonyl (C=O) groups is 1. The number of methoxy groups -OCH3 is 1. The Bertz CT molecular complexity index is 899. The molecule has 9 heteroatoms. The summed E-state index contributed by atoms with van der Waals surface area (Å²) in [5.41, 5.74) is 2.64. The molecule has 0 aliphatic rings. The normalized spacial score (nSPS) is 11.1. The highest BCUT2D eigenvalue weighted by molar-refractivity contribution is 6.29. The van der Waals surface area contributed by atoms with Crippen molar-refractivity contribution in [3.63, 3.8) is 0 Å². The van der Waals surface area contributed by atoms with Gasteiger partial charge in [0.15, 0.2) is 0 Å². The van der Waals surface area contributed by atoms with Crippen molar-refractivity contribution in [2.45, 2.75) is 39.8 Å². The molecule has 0 aliphatic carbocycles. The Labute approximate surface area is 182 Å². The number of nitrogens with zero attached hydrogens (tertiary/aromatic N) is 3. The van der Waals surface area contributed by atoms with Crippen molar-refractivity contribution in [2.75, 3.05) is 25.6 Å². The average molecular weight is 434 g/mol. The van der Waals surface area contributed by atoms with Gasteiger partial charge in [0.1, 0.15) is 10.8 Å². The third kappa shape index (κ3) is 6.96. The molecule has 0 unspecified atom stereocenters.